The van der Waals surface area contributed by atoms with Crippen molar-refractivity contribution in [3.63, 3.8) is 0 Å². The number of hydrogen-bond acceptors (Lipinski definition) is 3. The molecule has 1 saturated carbocycles. The van der Waals surface area contributed by atoms with E-state index in [0.717, 1.165) is 25.1 Å². The van der Waals surface area contributed by atoms with Gasteiger partial charge in [-0.1, -0.05) is 20.8 Å². The van der Waals surface area contributed by atoms with Crippen LogP contribution in [0.2, 0.25) is 0 Å². The molecule has 1 saturated heterocycles. The average molecular weight is 254 g/mol. The number of nitrogens with one attached hydrogen (secondary N) is 1. The maximum Gasteiger partial charge on any atom is 0.0618 e. The molecule has 1 heterocycles. The molecule has 1 N–H and O–H groups in total. The van der Waals surface area contributed by atoms with Gasteiger partial charge in [-0.2, -0.15) is 0 Å². The molecule has 18 heavy (non-hydrogen) atoms. The fraction of sp³-hybridized carbons (Fsp3) is 1.00. The predicted octanol–water partition coefficient (Wildman–Crippen LogP) is 2.12. The highest BCUT2D eigenvalue weighted by Crippen LogP contribution is 2.35. The summed E-state index contributed by atoms with van der Waals surface area (Å²) in [7, 11) is 1.83. The van der Waals surface area contributed by atoms with Crippen molar-refractivity contribution >= 4 is 0 Å². The number of rotatable bonds is 6. The lowest BCUT2D eigenvalue weighted by Gasteiger charge is -2.46. The molecule has 2 fully saturated rings. The van der Waals surface area contributed by atoms with Crippen LogP contribution < -0.4 is 5.32 Å². The van der Waals surface area contributed by atoms with Crippen LogP contribution in [0.25, 0.3) is 0 Å². The molecule has 0 bridgehead atoms. The van der Waals surface area contributed by atoms with Gasteiger partial charge in [0.1, 0.15) is 0 Å². The van der Waals surface area contributed by atoms with E-state index >= 15 is 0 Å². The smallest absolute Gasteiger partial charge is 0.0618 e. The second-order valence-corrected chi connectivity index (χ2v) is 6.38. The predicted molar refractivity (Wildman–Crippen MR) is 75.8 cm³/mol. The summed E-state index contributed by atoms with van der Waals surface area (Å²) in [6.07, 6.45) is 4.05. The van der Waals surface area contributed by atoms with Crippen molar-refractivity contribution < 1.29 is 4.74 Å². The molecule has 0 amide bonds. The van der Waals surface area contributed by atoms with Gasteiger partial charge in [0, 0.05) is 38.3 Å². The van der Waals surface area contributed by atoms with Gasteiger partial charge >= 0.3 is 0 Å². The monoisotopic (exact) mass is 254 g/mol. The highest BCUT2D eigenvalue weighted by molar-refractivity contribution is 4.97. The van der Waals surface area contributed by atoms with Gasteiger partial charge < -0.3 is 10.1 Å². The number of methoxy groups -OCH3 is 1. The van der Waals surface area contributed by atoms with Crippen molar-refractivity contribution in [1.82, 2.24) is 10.2 Å². The molecule has 2 rings (SSSR count). The van der Waals surface area contributed by atoms with Gasteiger partial charge in [-0.15, -0.1) is 0 Å². The zero-order valence-electron chi connectivity index (χ0n) is 12.5. The van der Waals surface area contributed by atoms with Gasteiger partial charge in [-0.25, -0.2) is 0 Å². The van der Waals surface area contributed by atoms with Crippen LogP contribution in [0.15, 0.2) is 0 Å². The van der Waals surface area contributed by atoms with Crippen LogP contribution in [-0.4, -0.2) is 49.8 Å². The Morgan fingerprint density at radius 3 is 2.56 bits per heavy atom. The standard InChI is InChI=1S/C15H30N2O/c1-5-13(10-18-4)17-9-14(12-6-7-12)16-8-15(17)11(2)3/h11-16H,5-10H2,1-4H3. The van der Waals surface area contributed by atoms with E-state index in [1.807, 2.05) is 7.11 Å². The molecule has 3 nitrogen and oxygen atoms in total. The summed E-state index contributed by atoms with van der Waals surface area (Å²) in [4.78, 5) is 2.73. The summed E-state index contributed by atoms with van der Waals surface area (Å²) in [6, 6.07) is 1.98. The minimum Gasteiger partial charge on any atom is -0.383 e. The first kappa shape index (κ1) is 14.3. The molecular weight excluding hydrogens is 224 g/mol. The lowest BCUT2D eigenvalue weighted by molar-refractivity contribution is 0.0121. The van der Waals surface area contributed by atoms with Crippen molar-refractivity contribution in [2.75, 3.05) is 26.8 Å². The van der Waals surface area contributed by atoms with Crippen LogP contribution in [-0.2, 0) is 4.74 Å². The Hall–Kier alpha value is -0.120. The Morgan fingerprint density at radius 2 is 2.06 bits per heavy atom. The molecule has 3 heteroatoms. The van der Waals surface area contributed by atoms with Crippen LogP contribution in [0.1, 0.15) is 40.0 Å². The quantitative estimate of drug-likeness (QED) is 0.786. The fourth-order valence-corrected chi connectivity index (χ4v) is 3.31. The molecule has 0 spiro atoms. The summed E-state index contributed by atoms with van der Waals surface area (Å²) in [5.74, 6) is 1.66. The maximum absolute atomic E-state index is 5.43. The van der Waals surface area contributed by atoms with E-state index < -0.39 is 0 Å². The molecule has 0 aromatic heterocycles. The Labute approximate surface area is 112 Å². The minimum atomic E-state index is 0.589. The molecule has 106 valence electrons. The molecular formula is C15H30N2O. The number of piperazine rings is 1. The first-order valence-corrected chi connectivity index (χ1v) is 7.65. The highest BCUT2D eigenvalue weighted by Gasteiger charge is 2.39. The molecule has 0 radical (unpaired) electrons. The second-order valence-electron chi connectivity index (χ2n) is 6.38. The van der Waals surface area contributed by atoms with Crippen molar-refractivity contribution in [2.24, 2.45) is 11.8 Å². The summed E-state index contributed by atoms with van der Waals surface area (Å²) in [5.41, 5.74) is 0. The topological polar surface area (TPSA) is 24.5 Å². The average Bonchev–Trinajstić information content (AvgIpc) is 3.19. The van der Waals surface area contributed by atoms with Crippen LogP contribution in [0.5, 0.6) is 0 Å². The van der Waals surface area contributed by atoms with E-state index in [4.69, 9.17) is 4.74 Å². The number of nitrogens with zero attached hydrogens (tertiary/aromatic N) is 1. The van der Waals surface area contributed by atoms with E-state index in [1.54, 1.807) is 0 Å². The summed E-state index contributed by atoms with van der Waals surface area (Å²) in [5, 5.41) is 3.78. The Balaban J connectivity index is 2.02. The van der Waals surface area contributed by atoms with Crippen LogP contribution >= 0.6 is 0 Å². The lowest BCUT2D eigenvalue weighted by Crippen LogP contribution is -2.62. The first-order chi connectivity index (χ1) is 8.67. The molecule has 1 aliphatic heterocycles. The van der Waals surface area contributed by atoms with E-state index in [9.17, 15) is 0 Å². The lowest BCUT2D eigenvalue weighted by atomic mass is 9.94. The van der Waals surface area contributed by atoms with Gasteiger partial charge in [0.05, 0.1) is 6.61 Å². The molecule has 2 aliphatic rings. The van der Waals surface area contributed by atoms with E-state index in [0.29, 0.717) is 18.0 Å². The van der Waals surface area contributed by atoms with E-state index in [2.05, 4.69) is 31.0 Å². The molecule has 0 aromatic rings. The van der Waals surface area contributed by atoms with Crippen molar-refractivity contribution in [3.05, 3.63) is 0 Å². The molecule has 1 aliphatic carbocycles. The minimum absolute atomic E-state index is 0.589. The van der Waals surface area contributed by atoms with Crippen molar-refractivity contribution in [2.45, 2.75) is 58.2 Å². The second kappa shape index (κ2) is 6.36. The summed E-state index contributed by atoms with van der Waals surface area (Å²) in [6.45, 7) is 10.2. The Morgan fingerprint density at radius 1 is 1.33 bits per heavy atom. The summed E-state index contributed by atoms with van der Waals surface area (Å²) < 4.78 is 5.43. The Kier molecular flexibility index (Phi) is 5.05. The third-order valence-electron chi connectivity index (χ3n) is 4.68. The highest BCUT2D eigenvalue weighted by atomic mass is 16.5. The van der Waals surface area contributed by atoms with Crippen molar-refractivity contribution in [1.29, 1.82) is 0 Å². The molecule has 3 unspecified atom stereocenters. The van der Waals surface area contributed by atoms with Gasteiger partial charge in [-0.3, -0.25) is 4.90 Å². The van der Waals surface area contributed by atoms with Gasteiger partial charge in [-0.05, 0) is 31.1 Å². The van der Waals surface area contributed by atoms with Gasteiger partial charge in [0.25, 0.3) is 0 Å². The third-order valence-corrected chi connectivity index (χ3v) is 4.68. The Bertz CT molecular complexity index is 253. The van der Waals surface area contributed by atoms with Crippen LogP contribution in [0.3, 0.4) is 0 Å². The SMILES string of the molecule is CCC(COC)N1CC(C2CC2)NCC1C(C)C. The van der Waals surface area contributed by atoms with Crippen LogP contribution in [0, 0.1) is 11.8 Å². The first-order valence-electron chi connectivity index (χ1n) is 7.65. The third kappa shape index (κ3) is 3.25. The zero-order chi connectivity index (χ0) is 13.1. The largest absolute Gasteiger partial charge is 0.383 e. The number of hydrogen-bond donors (Lipinski definition) is 1. The zero-order valence-corrected chi connectivity index (χ0v) is 12.5. The van der Waals surface area contributed by atoms with E-state index in [-0.39, 0.29) is 0 Å². The van der Waals surface area contributed by atoms with Gasteiger partial charge in [0.2, 0.25) is 0 Å². The fourth-order valence-electron chi connectivity index (χ4n) is 3.31. The molecule has 0 aromatic carbocycles. The number of ether oxygens (including phenoxy) is 1. The van der Waals surface area contributed by atoms with Crippen LogP contribution in [0.4, 0.5) is 0 Å². The van der Waals surface area contributed by atoms with Gasteiger partial charge in [0.15, 0.2) is 0 Å². The summed E-state index contributed by atoms with van der Waals surface area (Å²) >= 11 is 0. The normalized spacial score (nSPS) is 31.8. The van der Waals surface area contributed by atoms with E-state index in [1.165, 1.54) is 25.8 Å². The maximum atomic E-state index is 5.43. The van der Waals surface area contributed by atoms with Crippen molar-refractivity contribution in [3.8, 4) is 0 Å². The molecule has 3 atom stereocenters.